The Balaban J connectivity index is 1.55. The highest BCUT2D eigenvalue weighted by atomic mass is 35.5. The van der Waals surface area contributed by atoms with Crippen molar-refractivity contribution in [3.8, 4) is 0 Å². The molecular formula is C22H27ClN8O3S. The SMILES string of the molecule is CC(NC(=O)c1c(N)nn2cccnc12)c1cc(Cl)c2cncn2c1N1CCS(O)(O)C(C)(C)C1. The number of amides is 1. The van der Waals surface area contributed by atoms with Gasteiger partial charge in [0.25, 0.3) is 5.91 Å². The van der Waals surface area contributed by atoms with Crippen LogP contribution < -0.4 is 16.0 Å². The van der Waals surface area contributed by atoms with Gasteiger partial charge >= 0.3 is 0 Å². The molecule has 1 fully saturated rings. The smallest absolute Gasteiger partial charge is 0.259 e. The molecule has 1 unspecified atom stereocenters. The van der Waals surface area contributed by atoms with Crippen molar-refractivity contribution in [1.29, 1.82) is 0 Å². The molecule has 4 aromatic rings. The van der Waals surface area contributed by atoms with Crippen molar-refractivity contribution in [2.75, 3.05) is 29.5 Å². The molecule has 0 radical (unpaired) electrons. The number of hydrogen-bond acceptors (Lipinski definition) is 8. The molecule has 13 heteroatoms. The Bertz CT molecular complexity index is 1450. The van der Waals surface area contributed by atoms with Crippen LogP contribution in [0.1, 0.15) is 42.7 Å². The monoisotopic (exact) mass is 518 g/mol. The predicted molar refractivity (Wildman–Crippen MR) is 137 cm³/mol. The zero-order valence-corrected chi connectivity index (χ0v) is 21.1. The normalized spacial score (nSPS) is 19.1. The number of pyridine rings is 1. The lowest BCUT2D eigenvalue weighted by Gasteiger charge is -2.54. The molecule has 4 aromatic heterocycles. The number of nitrogens with one attached hydrogen (secondary N) is 1. The van der Waals surface area contributed by atoms with Crippen molar-refractivity contribution in [3.05, 3.63) is 53.2 Å². The highest BCUT2D eigenvalue weighted by molar-refractivity contribution is 8.25. The van der Waals surface area contributed by atoms with Crippen molar-refractivity contribution >= 4 is 50.9 Å². The van der Waals surface area contributed by atoms with Gasteiger partial charge in [0.15, 0.2) is 11.5 Å². The summed E-state index contributed by atoms with van der Waals surface area (Å²) in [5.41, 5.74) is 8.07. The van der Waals surface area contributed by atoms with E-state index in [1.165, 1.54) is 4.52 Å². The van der Waals surface area contributed by atoms with Crippen molar-refractivity contribution in [3.63, 3.8) is 0 Å². The Morgan fingerprint density at radius 2 is 2.14 bits per heavy atom. The Kier molecular flexibility index (Phi) is 5.59. The van der Waals surface area contributed by atoms with E-state index in [-0.39, 0.29) is 17.1 Å². The summed E-state index contributed by atoms with van der Waals surface area (Å²) in [5, 5.41) is 7.66. The summed E-state index contributed by atoms with van der Waals surface area (Å²) in [6.07, 6.45) is 6.59. The summed E-state index contributed by atoms with van der Waals surface area (Å²) >= 11 is 6.59. The average molecular weight is 519 g/mol. The number of fused-ring (bicyclic) bond motifs is 2. The lowest BCUT2D eigenvalue weighted by molar-refractivity contribution is 0.0942. The fourth-order valence-electron chi connectivity index (χ4n) is 4.51. The zero-order valence-electron chi connectivity index (χ0n) is 19.5. The van der Waals surface area contributed by atoms with Crippen LogP contribution in [0.5, 0.6) is 0 Å². The van der Waals surface area contributed by atoms with E-state index >= 15 is 0 Å². The number of carbonyl (C=O) groups is 1. The van der Waals surface area contributed by atoms with E-state index in [1.54, 1.807) is 31.0 Å². The molecule has 0 spiro atoms. The van der Waals surface area contributed by atoms with Crippen LogP contribution in [-0.2, 0) is 0 Å². The molecule has 5 N–H and O–H groups in total. The number of carbonyl (C=O) groups excluding carboxylic acids is 1. The topological polar surface area (TPSA) is 146 Å². The number of imidazole rings is 1. The molecule has 1 aliphatic heterocycles. The van der Waals surface area contributed by atoms with Gasteiger partial charge in [0.2, 0.25) is 0 Å². The summed E-state index contributed by atoms with van der Waals surface area (Å²) in [6, 6.07) is 3.04. The van der Waals surface area contributed by atoms with Crippen molar-refractivity contribution in [1.82, 2.24) is 29.3 Å². The molecule has 1 saturated heterocycles. The van der Waals surface area contributed by atoms with E-state index in [1.807, 2.05) is 31.2 Å². The number of aromatic nitrogens is 5. The van der Waals surface area contributed by atoms with Gasteiger partial charge in [0.1, 0.15) is 17.7 Å². The number of nitrogen functional groups attached to an aromatic ring is 1. The summed E-state index contributed by atoms with van der Waals surface area (Å²) in [4.78, 5) is 23.9. The summed E-state index contributed by atoms with van der Waals surface area (Å²) in [7, 11) is -2.75. The van der Waals surface area contributed by atoms with Gasteiger partial charge in [-0.15, -0.1) is 5.10 Å². The maximum absolute atomic E-state index is 13.3. The molecule has 1 atom stereocenters. The number of hydrogen-bond donors (Lipinski definition) is 4. The highest BCUT2D eigenvalue weighted by Crippen LogP contribution is 2.55. The van der Waals surface area contributed by atoms with Gasteiger partial charge in [0, 0.05) is 31.0 Å². The molecule has 0 saturated carbocycles. The number of rotatable bonds is 4. The largest absolute Gasteiger partial charge is 0.381 e. The minimum atomic E-state index is -2.75. The van der Waals surface area contributed by atoms with Gasteiger partial charge in [-0.1, -0.05) is 11.6 Å². The lowest BCUT2D eigenvalue weighted by atomic mass is 10.1. The third-order valence-electron chi connectivity index (χ3n) is 6.52. The standard InChI is InChI=1S/C22H27ClN8O3S/c1-13(27-20(32)17-18(24)28-31-6-4-5-26-19(17)31)14-9-15(23)16-10-25-12-30(16)21(14)29-7-8-35(33,34)22(2,3)11-29/h4-6,9-10,12-13,33-34H,7-8,11H2,1-3H3,(H2,24,28)(H,27,32). The summed E-state index contributed by atoms with van der Waals surface area (Å²) in [6.45, 7) is 6.39. The Labute approximate surface area is 208 Å². The first-order valence-corrected chi connectivity index (χ1v) is 13.1. The number of nitrogens with zero attached hydrogens (tertiary/aromatic N) is 6. The first-order chi connectivity index (χ1) is 16.5. The molecule has 11 nitrogen and oxygen atoms in total. The van der Waals surface area contributed by atoms with E-state index in [2.05, 4.69) is 25.3 Å². The molecule has 35 heavy (non-hydrogen) atoms. The molecular weight excluding hydrogens is 492 g/mol. The number of halogens is 1. The maximum atomic E-state index is 13.3. The second-order valence-electron chi connectivity index (χ2n) is 9.32. The quantitative estimate of drug-likeness (QED) is 0.321. The van der Waals surface area contributed by atoms with Gasteiger partial charge < -0.3 is 16.0 Å². The molecule has 0 aliphatic carbocycles. The molecule has 186 valence electrons. The predicted octanol–water partition coefficient (Wildman–Crippen LogP) is 3.45. The second-order valence-corrected chi connectivity index (χ2v) is 12.6. The zero-order chi connectivity index (χ0) is 25.1. The lowest BCUT2D eigenvalue weighted by Crippen LogP contribution is -2.51. The average Bonchev–Trinajstić information content (AvgIpc) is 3.40. The Morgan fingerprint density at radius 1 is 1.37 bits per heavy atom. The van der Waals surface area contributed by atoms with Crippen molar-refractivity contribution < 1.29 is 13.9 Å². The Hall–Kier alpha value is -3.06. The molecule has 1 amide bonds. The first kappa shape index (κ1) is 23.7. The molecule has 1 aliphatic rings. The van der Waals surface area contributed by atoms with E-state index in [0.717, 1.165) is 16.9 Å². The molecule has 0 aromatic carbocycles. The minimum absolute atomic E-state index is 0.0831. The first-order valence-electron chi connectivity index (χ1n) is 11.0. The molecule has 5 heterocycles. The highest BCUT2D eigenvalue weighted by Gasteiger charge is 2.41. The van der Waals surface area contributed by atoms with Gasteiger partial charge in [0.05, 0.1) is 33.3 Å². The van der Waals surface area contributed by atoms with Crippen molar-refractivity contribution in [2.24, 2.45) is 0 Å². The van der Waals surface area contributed by atoms with Crippen LogP contribution in [0.3, 0.4) is 0 Å². The molecule has 0 bridgehead atoms. The Morgan fingerprint density at radius 3 is 2.89 bits per heavy atom. The van der Waals surface area contributed by atoms with Crippen LogP contribution >= 0.6 is 22.2 Å². The number of anilines is 2. The van der Waals surface area contributed by atoms with Gasteiger partial charge in [-0.05, 0) is 32.9 Å². The van der Waals surface area contributed by atoms with Crippen LogP contribution in [0.2, 0.25) is 5.02 Å². The van der Waals surface area contributed by atoms with E-state index in [4.69, 9.17) is 17.3 Å². The summed E-state index contributed by atoms with van der Waals surface area (Å²) < 4.78 is 23.8. The minimum Gasteiger partial charge on any atom is -0.381 e. The number of nitrogens with two attached hydrogens (primary N) is 1. The van der Waals surface area contributed by atoms with Crippen LogP contribution in [0.25, 0.3) is 11.2 Å². The van der Waals surface area contributed by atoms with E-state index in [0.29, 0.717) is 23.8 Å². The maximum Gasteiger partial charge on any atom is 0.259 e. The van der Waals surface area contributed by atoms with Gasteiger partial charge in [-0.2, -0.15) is 10.6 Å². The van der Waals surface area contributed by atoms with Crippen LogP contribution in [-0.4, -0.2) is 62.6 Å². The molecule has 5 rings (SSSR count). The van der Waals surface area contributed by atoms with Crippen LogP contribution in [0.15, 0.2) is 37.1 Å². The summed E-state index contributed by atoms with van der Waals surface area (Å²) in [5.74, 6) is 0.692. The fourth-order valence-corrected chi connectivity index (χ4v) is 6.16. The van der Waals surface area contributed by atoms with Crippen LogP contribution in [0, 0.1) is 0 Å². The van der Waals surface area contributed by atoms with Crippen molar-refractivity contribution in [2.45, 2.75) is 31.6 Å². The van der Waals surface area contributed by atoms with E-state index < -0.39 is 27.3 Å². The third-order valence-corrected chi connectivity index (χ3v) is 9.47. The fraction of sp³-hybridized carbons (Fsp3) is 0.364. The van der Waals surface area contributed by atoms with E-state index in [9.17, 15) is 13.9 Å². The van der Waals surface area contributed by atoms with Gasteiger partial charge in [-0.25, -0.2) is 14.5 Å². The van der Waals surface area contributed by atoms with Gasteiger partial charge in [-0.3, -0.25) is 18.3 Å². The van der Waals surface area contributed by atoms with Crippen LogP contribution in [0.4, 0.5) is 11.6 Å². The second kappa shape index (κ2) is 8.26. The third kappa shape index (κ3) is 3.86.